The Bertz CT molecular complexity index is 963. The van der Waals surface area contributed by atoms with Crippen LogP contribution in [0.5, 0.6) is 0 Å². The van der Waals surface area contributed by atoms with Crippen LogP contribution in [0.3, 0.4) is 0 Å². The third kappa shape index (κ3) is 1.91. The number of pyridine rings is 1. The lowest BCUT2D eigenvalue weighted by molar-refractivity contribution is 0.0997. The molecular weight excluding hydrogens is 302 g/mol. The van der Waals surface area contributed by atoms with E-state index in [1.54, 1.807) is 12.1 Å². The summed E-state index contributed by atoms with van der Waals surface area (Å²) < 4.78 is 22.8. The van der Waals surface area contributed by atoms with E-state index in [0.29, 0.717) is 21.8 Å². The molecule has 102 valence electrons. The van der Waals surface area contributed by atoms with E-state index >= 15 is 0 Å². The van der Waals surface area contributed by atoms with Crippen LogP contribution in [0.2, 0.25) is 0 Å². The van der Waals surface area contributed by atoms with E-state index in [1.807, 2.05) is 0 Å². The molecule has 8 heteroatoms. The summed E-state index contributed by atoms with van der Waals surface area (Å²) in [5.74, 6) is -0.660. The maximum atomic E-state index is 11.4. The van der Waals surface area contributed by atoms with E-state index in [1.165, 1.54) is 18.3 Å². The number of carbonyl (C=O) groups is 1. The third-order valence-electron chi connectivity index (χ3n) is 3.01. The second-order valence-electron chi connectivity index (χ2n) is 4.22. The number of H-pyrrole nitrogens is 1. The van der Waals surface area contributed by atoms with Crippen LogP contribution in [0.15, 0.2) is 35.4 Å². The summed E-state index contributed by atoms with van der Waals surface area (Å²) in [5, 5.41) is 1.29. The number of fused-ring (bicyclic) bond motifs is 3. The lowest BCUT2D eigenvalue weighted by Crippen LogP contribution is -2.13. The molecule has 0 fully saturated rings. The van der Waals surface area contributed by atoms with E-state index in [9.17, 15) is 13.2 Å². The number of aromatic amines is 1. The molecule has 20 heavy (non-hydrogen) atoms. The Kier molecular flexibility index (Phi) is 2.70. The highest BCUT2D eigenvalue weighted by molar-refractivity contribution is 8.13. The van der Waals surface area contributed by atoms with Gasteiger partial charge in [0.05, 0.1) is 10.4 Å². The van der Waals surface area contributed by atoms with Crippen LogP contribution in [0.4, 0.5) is 0 Å². The van der Waals surface area contributed by atoms with Crippen LogP contribution in [0.25, 0.3) is 21.8 Å². The molecule has 0 aliphatic heterocycles. The van der Waals surface area contributed by atoms with Gasteiger partial charge in [-0.15, -0.1) is 0 Å². The SMILES string of the molecule is NC(=O)c1nccc2c1[nH]c1ccc(S(=O)(=O)Cl)cc12. The molecule has 0 radical (unpaired) electrons. The fraction of sp³-hybridized carbons (Fsp3) is 0. The molecule has 0 bridgehead atoms. The number of halogens is 1. The van der Waals surface area contributed by atoms with Gasteiger partial charge >= 0.3 is 0 Å². The van der Waals surface area contributed by atoms with Crippen molar-refractivity contribution in [1.82, 2.24) is 9.97 Å². The minimum absolute atomic E-state index is 0.00926. The van der Waals surface area contributed by atoms with Gasteiger partial charge in [-0.2, -0.15) is 0 Å². The van der Waals surface area contributed by atoms with Crippen molar-refractivity contribution >= 4 is 47.4 Å². The highest BCUT2D eigenvalue weighted by Gasteiger charge is 2.16. The Labute approximate surface area is 118 Å². The molecule has 3 N–H and O–H groups in total. The number of aromatic nitrogens is 2. The van der Waals surface area contributed by atoms with Crippen molar-refractivity contribution in [3.63, 3.8) is 0 Å². The molecule has 2 heterocycles. The lowest BCUT2D eigenvalue weighted by atomic mass is 10.1. The van der Waals surface area contributed by atoms with E-state index in [-0.39, 0.29) is 10.6 Å². The molecule has 0 spiro atoms. The minimum atomic E-state index is -3.82. The van der Waals surface area contributed by atoms with Gasteiger partial charge in [0.15, 0.2) is 5.69 Å². The normalized spacial score (nSPS) is 12.1. The monoisotopic (exact) mass is 309 g/mol. The molecule has 0 aliphatic rings. The predicted molar refractivity (Wildman–Crippen MR) is 75.2 cm³/mol. The second-order valence-corrected chi connectivity index (χ2v) is 6.78. The zero-order chi connectivity index (χ0) is 14.5. The first-order chi connectivity index (χ1) is 9.38. The Morgan fingerprint density at radius 3 is 2.65 bits per heavy atom. The summed E-state index contributed by atoms with van der Waals surface area (Å²) in [4.78, 5) is 18.3. The van der Waals surface area contributed by atoms with Crippen LogP contribution in [0.1, 0.15) is 10.5 Å². The van der Waals surface area contributed by atoms with Crippen molar-refractivity contribution in [2.24, 2.45) is 5.73 Å². The van der Waals surface area contributed by atoms with Gasteiger partial charge in [-0.3, -0.25) is 4.79 Å². The van der Waals surface area contributed by atoms with Gasteiger partial charge in [0.2, 0.25) is 0 Å². The van der Waals surface area contributed by atoms with Gasteiger partial charge in [0.1, 0.15) is 0 Å². The van der Waals surface area contributed by atoms with E-state index in [2.05, 4.69) is 9.97 Å². The zero-order valence-corrected chi connectivity index (χ0v) is 11.5. The van der Waals surface area contributed by atoms with Crippen molar-refractivity contribution in [2.75, 3.05) is 0 Å². The number of amides is 1. The Balaban J connectivity index is 2.44. The molecule has 2 aromatic heterocycles. The van der Waals surface area contributed by atoms with Crippen molar-refractivity contribution in [3.8, 4) is 0 Å². The maximum Gasteiger partial charge on any atom is 0.269 e. The number of primary amides is 1. The number of nitrogens with zero attached hydrogens (tertiary/aromatic N) is 1. The average molecular weight is 310 g/mol. The van der Waals surface area contributed by atoms with Crippen LogP contribution in [-0.4, -0.2) is 24.3 Å². The van der Waals surface area contributed by atoms with Crippen LogP contribution < -0.4 is 5.73 Å². The number of benzene rings is 1. The van der Waals surface area contributed by atoms with Gasteiger partial charge in [-0.1, -0.05) is 0 Å². The fourth-order valence-corrected chi connectivity index (χ4v) is 2.92. The summed E-state index contributed by atoms with van der Waals surface area (Å²) in [6.45, 7) is 0. The van der Waals surface area contributed by atoms with Gasteiger partial charge in [0.25, 0.3) is 15.0 Å². The topological polar surface area (TPSA) is 106 Å². The summed E-state index contributed by atoms with van der Waals surface area (Å²) in [5.41, 5.74) is 6.51. The van der Waals surface area contributed by atoms with Gasteiger partial charge in [-0.25, -0.2) is 13.4 Å². The highest BCUT2D eigenvalue weighted by Crippen LogP contribution is 2.29. The average Bonchev–Trinajstić information content (AvgIpc) is 2.74. The fourth-order valence-electron chi connectivity index (χ4n) is 2.14. The summed E-state index contributed by atoms with van der Waals surface area (Å²) in [7, 11) is 1.52. The molecule has 0 atom stereocenters. The number of nitrogens with two attached hydrogens (primary N) is 1. The molecule has 1 aromatic carbocycles. The first-order valence-corrected chi connectivity index (χ1v) is 7.84. The quantitative estimate of drug-likeness (QED) is 0.703. The van der Waals surface area contributed by atoms with Crippen molar-refractivity contribution < 1.29 is 13.2 Å². The second kappa shape index (κ2) is 4.19. The first-order valence-electron chi connectivity index (χ1n) is 5.53. The Hall–Kier alpha value is -2.12. The molecule has 3 rings (SSSR count). The van der Waals surface area contributed by atoms with Crippen molar-refractivity contribution in [1.29, 1.82) is 0 Å². The summed E-state index contributed by atoms with van der Waals surface area (Å²) in [6, 6.07) is 6.08. The highest BCUT2D eigenvalue weighted by atomic mass is 35.7. The van der Waals surface area contributed by atoms with E-state index in [0.717, 1.165) is 0 Å². The molecule has 3 aromatic rings. The van der Waals surface area contributed by atoms with Crippen LogP contribution in [0, 0.1) is 0 Å². The van der Waals surface area contributed by atoms with E-state index < -0.39 is 15.0 Å². The lowest BCUT2D eigenvalue weighted by Gasteiger charge is -1.97. The van der Waals surface area contributed by atoms with Crippen LogP contribution in [-0.2, 0) is 9.05 Å². The molecule has 0 saturated heterocycles. The van der Waals surface area contributed by atoms with Crippen molar-refractivity contribution in [3.05, 3.63) is 36.2 Å². The molecular formula is C12H8ClN3O3S. The van der Waals surface area contributed by atoms with Crippen molar-refractivity contribution in [2.45, 2.75) is 4.90 Å². The maximum absolute atomic E-state index is 11.4. The predicted octanol–water partition coefficient (Wildman–Crippen LogP) is 1.74. The Morgan fingerprint density at radius 1 is 1.25 bits per heavy atom. The number of rotatable bonds is 2. The third-order valence-corrected chi connectivity index (χ3v) is 4.36. The summed E-state index contributed by atoms with van der Waals surface area (Å²) in [6.07, 6.45) is 1.44. The standard InChI is InChI=1S/C12H8ClN3O3S/c13-20(18,19)6-1-2-9-8(5-6)7-3-4-15-11(12(14)17)10(7)16-9/h1-5,16H,(H2,14,17). The number of hydrogen-bond donors (Lipinski definition) is 2. The molecule has 0 unspecified atom stereocenters. The van der Waals surface area contributed by atoms with Crippen LogP contribution >= 0.6 is 10.7 Å². The van der Waals surface area contributed by atoms with E-state index in [4.69, 9.17) is 16.4 Å². The van der Waals surface area contributed by atoms with Gasteiger partial charge in [0, 0.05) is 33.2 Å². The summed E-state index contributed by atoms with van der Waals surface area (Å²) >= 11 is 0. The van der Waals surface area contributed by atoms with Gasteiger partial charge < -0.3 is 10.7 Å². The molecule has 1 amide bonds. The molecule has 0 aliphatic carbocycles. The largest absolute Gasteiger partial charge is 0.364 e. The van der Waals surface area contributed by atoms with Gasteiger partial charge in [-0.05, 0) is 24.3 Å². The molecule has 6 nitrogen and oxygen atoms in total. The number of carbonyl (C=O) groups excluding carboxylic acids is 1. The first kappa shape index (κ1) is 12.9. The zero-order valence-electron chi connectivity index (χ0n) is 9.92. The number of hydrogen-bond acceptors (Lipinski definition) is 4. The Morgan fingerprint density at radius 2 is 2.00 bits per heavy atom. The molecule has 0 saturated carbocycles. The number of nitrogens with one attached hydrogen (secondary N) is 1. The minimum Gasteiger partial charge on any atom is -0.364 e. The smallest absolute Gasteiger partial charge is 0.269 e.